The number of nitrogens with zero attached hydrogens (tertiary/aromatic N) is 1. The van der Waals surface area contributed by atoms with Gasteiger partial charge in [-0.15, -0.1) is 4.72 Å². The number of fused-ring (bicyclic) bond motifs is 2. The third-order valence-electron chi connectivity index (χ3n) is 6.13. The number of amides is 2. The van der Waals surface area contributed by atoms with Gasteiger partial charge < -0.3 is 15.2 Å². The summed E-state index contributed by atoms with van der Waals surface area (Å²) in [7, 11) is 0. The van der Waals surface area contributed by atoms with Gasteiger partial charge in [0.15, 0.2) is 11.6 Å². The molecule has 0 radical (unpaired) electrons. The van der Waals surface area contributed by atoms with Gasteiger partial charge in [0, 0.05) is 29.5 Å². The topological polar surface area (TPSA) is 98.5 Å². The molecular weight excluding hydrogens is 431 g/mol. The Kier molecular flexibility index (Phi) is 6.93. The number of nitrogens with two attached hydrogens (primary N) is 1. The van der Waals surface area contributed by atoms with Crippen LogP contribution >= 0.6 is 0 Å². The van der Waals surface area contributed by atoms with E-state index in [-0.39, 0.29) is 30.0 Å². The molecule has 2 amide bonds. The van der Waals surface area contributed by atoms with Crippen LogP contribution in [0, 0.1) is 23.4 Å². The van der Waals surface area contributed by atoms with Crippen molar-refractivity contribution >= 4 is 23.2 Å². The van der Waals surface area contributed by atoms with E-state index in [0.29, 0.717) is 18.9 Å². The van der Waals surface area contributed by atoms with Gasteiger partial charge >= 0.3 is 11.8 Å². The quantitative estimate of drug-likeness (QED) is 0.401. The van der Waals surface area contributed by atoms with Gasteiger partial charge in [-0.3, -0.25) is 9.59 Å². The third kappa shape index (κ3) is 5.18. The lowest BCUT2D eigenvalue weighted by Gasteiger charge is -2.41. The lowest BCUT2D eigenvalue weighted by molar-refractivity contribution is -0.147. The van der Waals surface area contributed by atoms with Gasteiger partial charge in [-0.25, -0.2) is 13.2 Å². The van der Waals surface area contributed by atoms with Gasteiger partial charge in [0.05, 0.1) is 6.04 Å². The van der Waals surface area contributed by atoms with Crippen LogP contribution in [0.15, 0.2) is 12.1 Å². The molecule has 172 valence electrons. The van der Waals surface area contributed by atoms with Gasteiger partial charge in [-0.2, -0.15) is 0 Å². The Hall–Kier alpha value is -1.78. The van der Waals surface area contributed by atoms with Crippen LogP contribution in [-0.2, 0) is 27.4 Å². The van der Waals surface area contributed by atoms with E-state index in [1.807, 2.05) is 0 Å². The average molecular weight is 460 g/mol. The van der Waals surface area contributed by atoms with Crippen LogP contribution in [0.1, 0.15) is 52.0 Å². The summed E-state index contributed by atoms with van der Waals surface area (Å²) in [5, 5.41) is 0. The maximum Gasteiger partial charge on any atom is 0.312 e. The molecule has 0 aromatic heterocycles. The zero-order valence-electron chi connectivity index (χ0n) is 17.8. The van der Waals surface area contributed by atoms with Crippen molar-refractivity contribution in [3.05, 3.63) is 35.1 Å². The summed E-state index contributed by atoms with van der Waals surface area (Å²) in [5.41, 5.74) is 5.17. The van der Waals surface area contributed by atoms with Gasteiger partial charge in [-0.1, -0.05) is 0 Å². The van der Waals surface area contributed by atoms with E-state index < -0.39 is 51.4 Å². The van der Waals surface area contributed by atoms with Crippen LogP contribution in [0.5, 0.6) is 0 Å². The van der Waals surface area contributed by atoms with Crippen molar-refractivity contribution in [2.75, 3.05) is 0 Å². The van der Waals surface area contributed by atoms with Crippen molar-refractivity contribution in [1.29, 1.82) is 0 Å². The second-order valence-electron chi connectivity index (χ2n) is 9.36. The van der Waals surface area contributed by atoms with Gasteiger partial charge in [0.2, 0.25) is 0 Å². The number of nitrogens with one attached hydrogen (secondary N) is 1. The smallest absolute Gasteiger partial charge is 0.312 e. The van der Waals surface area contributed by atoms with Crippen LogP contribution in [-0.4, -0.2) is 44.1 Å². The Labute approximate surface area is 183 Å². The number of primary amides is 1. The number of carbonyl (C=O) groups excluding carboxylic acids is 2. The molecule has 3 rings (SSSR count). The van der Waals surface area contributed by atoms with Gasteiger partial charge in [-0.05, 0) is 70.4 Å². The summed E-state index contributed by atoms with van der Waals surface area (Å²) >= 11 is -1.48. The van der Waals surface area contributed by atoms with E-state index in [0.717, 1.165) is 18.9 Å². The average Bonchev–Trinajstić information content (AvgIpc) is 2.92. The first-order chi connectivity index (χ1) is 14.4. The SMILES string of the molecule is CC(C)(C)[S+]([O-])N[C@@H](Cc1cc(F)c(F)cc1F)C1CC2CCC(C1)N2C(=O)C(N)=O. The summed E-state index contributed by atoms with van der Waals surface area (Å²) in [6, 6.07) is 0.477. The fraction of sp³-hybridized carbons (Fsp3) is 0.619. The molecule has 31 heavy (non-hydrogen) atoms. The zero-order chi connectivity index (χ0) is 23.1. The molecule has 2 fully saturated rings. The van der Waals surface area contributed by atoms with E-state index in [4.69, 9.17) is 5.73 Å². The second kappa shape index (κ2) is 8.99. The zero-order valence-corrected chi connectivity index (χ0v) is 18.6. The molecular formula is C21H28F3N3O3S. The molecule has 1 aromatic rings. The van der Waals surface area contributed by atoms with Crippen molar-refractivity contribution in [3.63, 3.8) is 0 Å². The number of carbonyl (C=O) groups is 2. The minimum atomic E-state index is -1.48. The predicted molar refractivity (Wildman–Crippen MR) is 110 cm³/mol. The number of halogens is 3. The molecule has 2 saturated heterocycles. The standard InChI is InChI=1S/C21H28F3N3O3S/c1-21(2,3)31(30)26-18(9-11-8-16(23)17(24)10-15(11)22)12-6-13-4-5-14(7-12)27(13)20(29)19(25)28/h8,10,12-14,18,26H,4-7,9H2,1-3H3,(H2,25,28)/t12?,13?,14?,18-,31?/m0/s1. The first-order valence-electron chi connectivity index (χ1n) is 10.3. The normalized spacial score (nSPS) is 25.4. The summed E-state index contributed by atoms with van der Waals surface area (Å²) in [6.45, 7) is 5.38. The largest absolute Gasteiger partial charge is 0.598 e. The molecule has 2 heterocycles. The molecule has 6 nitrogen and oxygen atoms in total. The molecule has 3 N–H and O–H groups in total. The molecule has 2 aliphatic rings. The molecule has 10 heteroatoms. The van der Waals surface area contributed by atoms with E-state index in [9.17, 15) is 27.3 Å². The van der Waals surface area contributed by atoms with Gasteiger partial charge in [0.1, 0.15) is 10.6 Å². The summed E-state index contributed by atoms with van der Waals surface area (Å²) in [6.07, 6.45) is 2.47. The Morgan fingerprint density at radius 2 is 1.71 bits per heavy atom. The van der Waals surface area contributed by atoms with Crippen LogP contribution in [0.25, 0.3) is 0 Å². The molecule has 1 aromatic carbocycles. The van der Waals surface area contributed by atoms with E-state index >= 15 is 0 Å². The van der Waals surface area contributed by atoms with Crippen molar-refractivity contribution in [3.8, 4) is 0 Å². The first-order valence-corrected chi connectivity index (χ1v) is 11.5. The predicted octanol–water partition coefficient (Wildman–Crippen LogP) is 2.32. The van der Waals surface area contributed by atoms with Crippen molar-refractivity contribution in [1.82, 2.24) is 9.62 Å². The Morgan fingerprint density at radius 1 is 1.16 bits per heavy atom. The molecule has 0 saturated carbocycles. The maximum atomic E-state index is 14.3. The number of hydrogen-bond acceptors (Lipinski definition) is 4. The highest BCUT2D eigenvalue weighted by Gasteiger charge is 2.47. The fourth-order valence-electron chi connectivity index (χ4n) is 4.58. The van der Waals surface area contributed by atoms with Crippen molar-refractivity contribution < 1.29 is 27.3 Å². The lowest BCUT2D eigenvalue weighted by atomic mass is 9.82. The summed E-state index contributed by atoms with van der Waals surface area (Å²) in [5.74, 6) is -5.08. The minimum Gasteiger partial charge on any atom is -0.598 e. The second-order valence-corrected chi connectivity index (χ2v) is 11.4. The molecule has 4 atom stereocenters. The third-order valence-corrected chi connectivity index (χ3v) is 7.76. The van der Waals surface area contributed by atoms with E-state index in [1.165, 1.54) is 4.90 Å². The highest BCUT2D eigenvalue weighted by molar-refractivity contribution is 7.90. The Bertz CT molecular complexity index is 850. The summed E-state index contributed by atoms with van der Waals surface area (Å²) in [4.78, 5) is 25.1. The highest BCUT2D eigenvalue weighted by Crippen LogP contribution is 2.41. The van der Waals surface area contributed by atoms with Crippen LogP contribution in [0.2, 0.25) is 0 Å². The van der Waals surface area contributed by atoms with Gasteiger partial charge in [0.25, 0.3) is 0 Å². The molecule has 2 bridgehead atoms. The van der Waals surface area contributed by atoms with Crippen LogP contribution < -0.4 is 10.5 Å². The number of benzene rings is 1. The van der Waals surface area contributed by atoms with E-state index in [1.54, 1.807) is 20.8 Å². The maximum absolute atomic E-state index is 14.3. The Morgan fingerprint density at radius 3 is 2.23 bits per heavy atom. The molecule has 3 unspecified atom stereocenters. The van der Waals surface area contributed by atoms with Crippen LogP contribution in [0.4, 0.5) is 13.2 Å². The number of piperidine rings is 1. The molecule has 2 aliphatic heterocycles. The number of hydrogen-bond donors (Lipinski definition) is 2. The molecule has 0 aliphatic carbocycles. The first kappa shape index (κ1) is 23.9. The van der Waals surface area contributed by atoms with Crippen LogP contribution in [0.3, 0.4) is 0 Å². The lowest BCUT2D eigenvalue weighted by Crippen LogP contribution is -2.55. The molecule has 0 spiro atoms. The minimum absolute atomic E-state index is 0.00898. The monoisotopic (exact) mass is 459 g/mol. The Balaban J connectivity index is 1.85. The van der Waals surface area contributed by atoms with Crippen molar-refractivity contribution in [2.24, 2.45) is 11.7 Å². The fourth-order valence-corrected chi connectivity index (χ4v) is 5.49. The summed E-state index contributed by atoms with van der Waals surface area (Å²) < 4.78 is 56.7. The van der Waals surface area contributed by atoms with Crippen molar-refractivity contribution in [2.45, 2.75) is 75.7 Å². The van der Waals surface area contributed by atoms with E-state index in [2.05, 4.69) is 4.72 Å². The highest BCUT2D eigenvalue weighted by atomic mass is 32.2. The number of rotatable bonds is 5.